The Morgan fingerprint density at radius 2 is 2.12 bits per heavy atom. The number of ether oxygens (including phenoxy) is 1. The van der Waals surface area contributed by atoms with Crippen LogP contribution < -0.4 is 10.6 Å². The maximum Gasteiger partial charge on any atom is 0.328 e. The van der Waals surface area contributed by atoms with Gasteiger partial charge in [-0.05, 0) is 6.42 Å². The van der Waals surface area contributed by atoms with Crippen LogP contribution in [0.4, 0.5) is 4.79 Å². The number of urea groups is 1. The minimum absolute atomic E-state index is 0.0955. The maximum atomic E-state index is 11.3. The molecule has 0 aliphatic heterocycles. The molecule has 3 N–H and O–H groups in total. The summed E-state index contributed by atoms with van der Waals surface area (Å²) in [4.78, 5) is 21.9. The fourth-order valence-electron chi connectivity index (χ4n) is 1.03. The van der Waals surface area contributed by atoms with Crippen LogP contribution in [-0.2, 0) is 20.3 Å². The normalized spacial score (nSPS) is 13.8. The standard InChI is InChI=1S/C9H18N2O5S/c1-16-6-7(8(12)13)11-9(14)10-4-3-5-17(2)15/h7H,3-6H2,1-2H3,(H,12,13)(H2,10,11,14). The van der Waals surface area contributed by atoms with Crippen LogP contribution in [0.1, 0.15) is 6.42 Å². The molecule has 0 rings (SSSR count). The van der Waals surface area contributed by atoms with Crippen molar-refractivity contribution in [2.75, 3.05) is 32.3 Å². The van der Waals surface area contributed by atoms with E-state index in [0.717, 1.165) is 0 Å². The zero-order valence-corrected chi connectivity index (χ0v) is 10.7. The lowest BCUT2D eigenvalue weighted by atomic mass is 10.3. The SMILES string of the molecule is COCC(NC(=O)NCCCS(C)=O)C(=O)O. The van der Waals surface area contributed by atoms with Gasteiger partial charge in [0.2, 0.25) is 0 Å². The van der Waals surface area contributed by atoms with Gasteiger partial charge in [0.15, 0.2) is 6.04 Å². The van der Waals surface area contributed by atoms with Crippen LogP contribution in [0.5, 0.6) is 0 Å². The Morgan fingerprint density at radius 1 is 1.47 bits per heavy atom. The summed E-state index contributed by atoms with van der Waals surface area (Å²) >= 11 is 0. The number of amides is 2. The van der Waals surface area contributed by atoms with Gasteiger partial charge in [0.05, 0.1) is 6.61 Å². The second-order valence-electron chi connectivity index (χ2n) is 3.38. The van der Waals surface area contributed by atoms with Crippen LogP contribution in [0, 0.1) is 0 Å². The van der Waals surface area contributed by atoms with E-state index < -0.39 is 28.8 Å². The molecule has 0 aliphatic rings. The van der Waals surface area contributed by atoms with Crippen LogP contribution in [0.25, 0.3) is 0 Å². The van der Waals surface area contributed by atoms with Crippen LogP contribution in [-0.4, -0.2) is 59.6 Å². The minimum atomic E-state index is -1.16. The molecule has 0 aliphatic carbocycles. The van der Waals surface area contributed by atoms with Gasteiger partial charge >= 0.3 is 12.0 Å². The number of methoxy groups -OCH3 is 1. The van der Waals surface area contributed by atoms with Crippen LogP contribution >= 0.6 is 0 Å². The van der Waals surface area contributed by atoms with Crippen molar-refractivity contribution in [3.05, 3.63) is 0 Å². The molecular weight excluding hydrogens is 248 g/mol. The van der Waals surface area contributed by atoms with Crippen LogP contribution in [0.15, 0.2) is 0 Å². The Bertz CT molecular complexity index is 285. The number of hydrogen-bond acceptors (Lipinski definition) is 4. The molecule has 0 saturated heterocycles. The monoisotopic (exact) mass is 266 g/mol. The van der Waals surface area contributed by atoms with Crippen molar-refractivity contribution in [2.45, 2.75) is 12.5 Å². The Balaban J connectivity index is 3.82. The predicted octanol–water partition coefficient (Wildman–Crippen LogP) is -0.846. The summed E-state index contributed by atoms with van der Waals surface area (Å²) < 4.78 is 15.4. The minimum Gasteiger partial charge on any atom is -0.480 e. The first-order valence-electron chi connectivity index (χ1n) is 5.03. The van der Waals surface area contributed by atoms with Gasteiger partial charge in [0.1, 0.15) is 0 Å². The summed E-state index contributed by atoms with van der Waals surface area (Å²) in [5, 5.41) is 13.5. The highest BCUT2D eigenvalue weighted by Crippen LogP contribution is 1.86. The maximum absolute atomic E-state index is 11.3. The van der Waals surface area contributed by atoms with Crippen molar-refractivity contribution >= 4 is 22.8 Å². The molecule has 100 valence electrons. The molecule has 0 fully saturated rings. The lowest BCUT2D eigenvalue weighted by Gasteiger charge is -2.13. The lowest BCUT2D eigenvalue weighted by molar-refractivity contribution is -0.140. The molecule has 0 saturated carbocycles. The highest BCUT2D eigenvalue weighted by molar-refractivity contribution is 7.84. The van der Waals surface area contributed by atoms with Crippen LogP contribution in [0.2, 0.25) is 0 Å². The van der Waals surface area contributed by atoms with Gasteiger partial charge < -0.3 is 20.5 Å². The third-order valence-electron chi connectivity index (χ3n) is 1.83. The molecule has 7 nitrogen and oxygen atoms in total. The summed E-state index contributed by atoms with van der Waals surface area (Å²) in [5.41, 5.74) is 0. The summed E-state index contributed by atoms with van der Waals surface area (Å²) in [5.74, 6) is -0.655. The van der Waals surface area contributed by atoms with E-state index in [1.807, 2.05) is 0 Å². The van der Waals surface area contributed by atoms with E-state index in [-0.39, 0.29) is 6.61 Å². The van der Waals surface area contributed by atoms with Crippen LogP contribution in [0.3, 0.4) is 0 Å². The molecule has 0 spiro atoms. The Kier molecular flexibility index (Phi) is 8.34. The van der Waals surface area contributed by atoms with E-state index in [2.05, 4.69) is 15.4 Å². The number of nitrogens with one attached hydrogen (secondary N) is 2. The quantitative estimate of drug-likeness (QED) is 0.497. The van der Waals surface area contributed by atoms with Gasteiger partial charge in [-0.25, -0.2) is 9.59 Å². The molecule has 0 aromatic carbocycles. The summed E-state index contributed by atoms with van der Waals surface area (Å²) in [6, 6.07) is -1.64. The molecule has 2 amide bonds. The van der Waals surface area contributed by atoms with E-state index in [9.17, 15) is 13.8 Å². The average molecular weight is 266 g/mol. The highest BCUT2D eigenvalue weighted by atomic mass is 32.2. The number of aliphatic carboxylic acids is 1. The van der Waals surface area contributed by atoms with Crippen molar-refractivity contribution in [3.63, 3.8) is 0 Å². The molecule has 0 aromatic rings. The number of carboxylic acid groups (broad SMARTS) is 1. The van der Waals surface area contributed by atoms with E-state index in [4.69, 9.17) is 5.11 Å². The van der Waals surface area contributed by atoms with Crippen molar-refractivity contribution in [2.24, 2.45) is 0 Å². The summed E-state index contributed by atoms with van der Waals surface area (Å²) in [6.45, 7) is 0.256. The molecular formula is C9H18N2O5S. The van der Waals surface area contributed by atoms with Crippen molar-refractivity contribution in [3.8, 4) is 0 Å². The zero-order chi connectivity index (χ0) is 13.3. The first-order chi connectivity index (χ1) is 7.97. The van der Waals surface area contributed by atoms with E-state index in [0.29, 0.717) is 18.7 Å². The summed E-state index contributed by atoms with van der Waals surface area (Å²) in [6.07, 6.45) is 2.16. The number of hydrogen-bond donors (Lipinski definition) is 3. The van der Waals surface area contributed by atoms with Crippen molar-refractivity contribution < 1.29 is 23.6 Å². The van der Waals surface area contributed by atoms with Gasteiger partial charge in [0, 0.05) is 36.5 Å². The van der Waals surface area contributed by atoms with Crippen molar-refractivity contribution in [1.82, 2.24) is 10.6 Å². The predicted molar refractivity (Wildman–Crippen MR) is 63.4 cm³/mol. The molecule has 8 heteroatoms. The largest absolute Gasteiger partial charge is 0.480 e. The van der Waals surface area contributed by atoms with E-state index in [1.165, 1.54) is 7.11 Å². The van der Waals surface area contributed by atoms with Gasteiger partial charge in [-0.3, -0.25) is 4.21 Å². The van der Waals surface area contributed by atoms with Crippen molar-refractivity contribution in [1.29, 1.82) is 0 Å². The smallest absolute Gasteiger partial charge is 0.328 e. The fourth-order valence-corrected chi connectivity index (χ4v) is 1.58. The van der Waals surface area contributed by atoms with Gasteiger partial charge in [-0.1, -0.05) is 0 Å². The number of rotatable bonds is 8. The molecule has 2 atom stereocenters. The third-order valence-corrected chi connectivity index (χ3v) is 2.69. The highest BCUT2D eigenvalue weighted by Gasteiger charge is 2.19. The summed E-state index contributed by atoms with van der Waals surface area (Å²) in [7, 11) is 0.466. The topological polar surface area (TPSA) is 105 Å². The third kappa shape index (κ3) is 8.64. The number of carboxylic acids is 1. The molecule has 17 heavy (non-hydrogen) atoms. The first-order valence-corrected chi connectivity index (χ1v) is 6.76. The lowest BCUT2D eigenvalue weighted by Crippen LogP contribution is -2.48. The second-order valence-corrected chi connectivity index (χ2v) is 4.93. The van der Waals surface area contributed by atoms with Gasteiger partial charge in [-0.15, -0.1) is 0 Å². The number of carbonyl (C=O) groups excluding carboxylic acids is 1. The fraction of sp³-hybridized carbons (Fsp3) is 0.778. The molecule has 0 bridgehead atoms. The zero-order valence-electron chi connectivity index (χ0n) is 9.89. The van der Waals surface area contributed by atoms with Gasteiger partial charge in [-0.2, -0.15) is 0 Å². The van der Waals surface area contributed by atoms with Gasteiger partial charge in [0.25, 0.3) is 0 Å². The van der Waals surface area contributed by atoms with E-state index in [1.54, 1.807) is 6.26 Å². The Hall–Kier alpha value is -1.15. The van der Waals surface area contributed by atoms with E-state index >= 15 is 0 Å². The molecule has 0 heterocycles. The second kappa shape index (κ2) is 8.94. The Labute approximate surface area is 102 Å². The average Bonchev–Trinajstić information content (AvgIpc) is 2.23. The molecule has 0 aromatic heterocycles. The molecule has 2 unspecified atom stereocenters. The molecule has 0 radical (unpaired) electrons. The first kappa shape index (κ1) is 15.9. The number of carbonyl (C=O) groups is 2. The Morgan fingerprint density at radius 3 is 2.59 bits per heavy atom.